The zero-order valence-corrected chi connectivity index (χ0v) is 28.6. The number of carbonyl (C=O) groups is 1. The van der Waals surface area contributed by atoms with Crippen LogP contribution in [0.5, 0.6) is 0 Å². The molecule has 0 aliphatic heterocycles. The third-order valence-electron chi connectivity index (χ3n) is 7.89. The summed E-state index contributed by atoms with van der Waals surface area (Å²) in [6, 6.07) is 0. The van der Waals surface area contributed by atoms with E-state index < -0.39 is 5.97 Å². The minimum Gasteiger partial charge on any atom is -1.00 e. The molecule has 0 radical (unpaired) electrons. The van der Waals surface area contributed by atoms with Crippen molar-refractivity contribution >= 4 is 5.97 Å². The molecule has 5 heteroatoms. The first-order valence-corrected chi connectivity index (χ1v) is 17.1. The Morgan fingerprint density at radius 2 is 0.513 bits per heavy atom. The quantitative estimate of drug-likeness (QED) is 0.140. The molecule has 4 nitrogen and oxygen atoms in total. The predicted molar refractivity (Wildman–Crippen MR) is 169 cm³/mol. The van der Waals surface area contributed by atoms with Crippen LogP contribution in [-0.2, 0) is 4.79 Å². The Morgan fingerprint density at radius 1 is 0.410 bits per heavy atom. The fourth-order valence-corrected chi connectivity index (χ4v) is 5.29. The van der Waals surface area contributed by atoms with Gasteiger partial charge in [-0.15, -0.1) is 0 Å². The van der Waals surface area contributed by atoms with E-state index in [0.29, 0.717) is 0 Å². The summed E-state index contributed by atoms with van der Waals surface area (Å²) in [6.07, 6.45) is 22.1. The lowest BCUT2D eigenvalue weighted by Crippen LogP contribution is -3.00. The molecule has 0 aromatic carbocycles. The number of halogens is 1. The molecule has 0 aliphatic rings. The smallest absolute Gasteiger partial charge is 0.0786 e. The molecule has 0 N–H and O–H groups in total. The summed E-state index contributed by atoms with van der Waals surface area (Å²) < 4.78 is 2.84. The zero-order valence-electron chi connectivity index (χ0n) is 28.6. The van der Waals surface area contributed by atoms with Crippen LogP contribution in [0.15, 0.2) is 0 Å². The molecule has 39 heavy (non-hydrogen) atoms. The molecular weight excluding hydrogens is 487 g/mol. The lowest BCUT2D eigenvalue weighted by atomic mass is 10.1. The highest BCUT2D eigenvalue weighted by Gasteiger charge is 2.25. The van der Waals surface area contributed by atoms with Crippen molar-refractivity contribution in [1.82, 2.24) is 0 Å². The Morgan fingerprint density at radius 3 is 0.590 bits per heavy atom. The van der Waals surface area contributed by atoms with Crippen LogP contribution in [-0.4, -0.2) is 67.3 Å². The Labute approximate surface area is 246 Å². The van der Waals surface area contributed by atoms with Crippen LogP contribution < -0.4 is 9.81 Å². The molecule has 0 aromatic rings. The molecule has 0 atom stereocenters. The summed E-state index contributed by atoms with van der Waals surface area (Å²) in [4.78, 5) is 8.89. The second-order valence-electron chi connectivity index (χ2n) is 11.8. The molecule has 240 valence electrons. The van der Waals surface area contributed by atoms with Crippen LogP contribution in [0.2, 0.25) is 0 Å². The third-order valence-corrected chi connectivity index (χ3v) is 7.89. The zero-order chi connectivity index (χ0) is 29.5. The maximum absolute atomic E-state index is 8.89. The Hall–Kier alpha value is -0.680. The minimum atomic E-state index is -1.08. The topological polar surface area (TPSA) is 40.1 Å². The van der Waals surface area contributed by atoms with E-state index in [9.17, 15) is 0 Å². The molecule has 0 saturated heterocycles. The molecular formula is C34H75FN2O2. The van der Waals surface area contributed by atoms with Gasteiger partial charge in [-0.05, 0) is 58.3 Å². The van der Waals surface area contributed by atoms with Gasteiger partial charge in [0.05, 0.1) is 52.4 Å². The molecule has 0 amide bonds. The van der Waals surface area contributed by atoms with Crippen LogP contribution in [0, 0.1) is 0 Å². The number of carbonyl (C=O) groups excluding carboxylic acids is 1. The number of rotatable bonds is 24. The number of aliphatic carboxylic acids is 1. The number of quaternary nitrogens is 2. The van der Waals surface area contributed by atoms with Gasteiger partial charge < -0.3 is 23.6 Å². The van der Waals surface area contributed by atoms with E-state index in [1.807, 2.05) is 0 Å². The number of carboxylic acid groups (broad SMARTS) is 1. The molecule has 0 rings (SSSR count). The maximum Gasteiger partial charge on any atom is 0.0786 e. The highest BCUT2D eigenvalue weighted by molar-refractivity contribution is 5.60. The lowest BCUT2D eigenvalue weighted by molar-refractivity contribution is -0.929. The Balaban J connectivity index is -0.000000270. The summed E-state index contributed by atoms with van der Waals surface area (Å²) in [5, 5.41) is 8.89. The summed E-state index contributed by atoms with van der Waals surface area (Å²) in [5.74, 6) is -1.08. The van der Waals surface area contributed by atoms with Crippen molar-refractivity contribution in [2.24, 2.45) is 0 Å². The highest BCUT2D eigenvalue weighted by atomic mass is 19.0. The Bertz CT molecular complexity index is 359. The fourth-order valence-electron chi connectivity index (χ4n) is 5.29. The largest absolute Gasteiger partial charge is 1.00 e. The molecule has 0 heterocycles. The fraction of sp³-hybridized carbons (Fsp3) is 0.971. The van der Waals surface area contributed by atoms with Crippen molar-refractivity contribution in [3.63, 3.8) is 0 Å². The second-order valence-corrected chi connectivity index (χ2v) is 11.8. The maximum atomic E-state index is 8.89. The summed E-state index contributed by atoms with van der Waals surface area (Å²) in [6.45, 7) is 31.0. The van der Waals surface area contributed by atoms with Gasteiger partial charge in [-0.1, -0.05) is 107 Å². The third kappa shape index (κ3) is 30.1. The van der Waals surface area contributed by atoms with Crippen molar-refractivity contribution in [3.05, 3.63) is 0 Å². The summed E-state index contributed by atoms with van der Waals surface area (Å²) >= 11 is 0. The van der Waals surface area contributed by atoms with Crippen LogP contribution in [0.3, 0.4) is 0 Å². The van der Waals surface area contributed by atoms with Gasteiger partial charge in [0.15, 0.2) is 0 Å². The average molecular weight is 563 g/mol. The molecule has 0 unspecified atom stereocenters. The summed E-state index contributed by atoms with van der Waals surface area (Å²) in [7, 11) is 0. The van der Waals surface area contributed by atoms with Gasteiger partial charge in [0.25, 0.3) is 0 Å². The number of carboxylic acids is 1. The first-order chi connectivity index (χ1) is 18.2. The number of hydrogen-bond donors (Lipinski definition) is 0. The van der Waals surface area contributed by atoms with Crippen LogP contribution >= 0.6 is 0 Å². The highest BCUT2D eigenvalue weighted by Crippen LogP contribution is 2.17. The summed E-state index contributed by atoms with van der Waals surface area (Å²) in [5.41, 5.74) is 0. The minimum absolute atomic E-state index is 0. The number of hydrogen-bond acceptors (Lipinski definition) is 2. The second kappa shape index (κ2) is 33.5. The van der Waals surface area contributed by atoms with Crippen molar-refractivity contribution in [1.29, 1.82) is 0 Å². The van der Waals surface area contributed by atoms with E-state index in [2.05, 4.69) is 55.4 Å². The number of nitrogens with zero attached hydrogens (tertiary/aromatic N) is 2. The van der Waals surface area contributed by atoms with E-state index in [4.69, 9.17) is 9.90 Å². The van der Waals surface area contributed by atoms with E-state index in [-0.39, 0.29) is 4.70 Å². The van der Waals surface area contributed by atoms with E-state index in [1.165, 1.54) is 164 Å². The molecule has 0 fully saturated rings. The monoisotopic (exact) mass is 563 g/mol. The van der Waals surface area contributed by atoms with Crippen LogP contribution in [0.25, 0.3) is 0 Å². The van der Waals surface area contributed by atoms with Gasteiger partial charge in [-0.25, -0.2) is 0 Å². The van der Waals surface area contributed by atoms with Gasteiger partial charge in [0.2, 0.25) is 0 Å². The molecule has 0 spiro atoms. The van der Waals surface area contributed by atoms with E-state index >= 15 is 0 Å². The van der Waals surface area contributed by atoms with Crippen molar-refractivity contribution < 1.29 is 23.6 Å². The van der Waals surface area contributed by atoms with E-state index in [1.54, 1.807) is 0 Å². The van der Waals surface area contributed by atoms with Crippen molar-refractivity contribution in [3.8, 4) is 0 Å². The van der Waals surface area contributed by atoms with Gasteiger partial charge in [-0.3, -0.25) is 0 Å². The normalized spacial score (nSPS) is 11.1. The van der Waals surface area contributed by atoms with E-state index in [0.717, 1.165) is 6.92 Å². The van der Waals surface area contributed by atoms with Gasteiger partial charge in [-0.2, -0.15) is 0 Å². The molecule has 0 aliphatic carbocycles. The molecule has 0 bridgehead atoms. The molecule has 0 saturated carbocycles. The average Bonchev–Trinajstić information content (AvgIpc) is 2.91. The standard InChI is InChI=1S/2C16H36N.C2H4O2.FH/c2*1-5-9-13-17(14-10-6-2,15-11-7-3)16-12-8-4;1-2(3)4;/h2*5-16H2,1-4H3;1H3,(H,3,4);1H/q2*+1;;/p-2. The van der Waals surface area contributed by atoms with Gasteiger partial charge in [0.1, 0.15) is 0 Å². The Kier molecular flexibility index (Phi) is 39.0. The number of unbranched alkanes of at least 4 members (excludes halogenated alkanes) is 8. The molecule has 0 aromatic heterocycles. The lowest BCUT2D eigenvalue weighted by Gasteiger charge is -2.39. The van der Waals surface area contributed by atoms with Crippen molar-refractivity contribution in [2.75, 3.05) is 52.4 Å². The first kappa shape index (κ1) is 45.3. The van der Waals surface area contributed by atoms with Crippen LogP contribution in [0.1, 0.15) is 165 Å². The van der Waals surface area contributed by atoms with Crippen LogP contribution in [0.4, 0.5) is 0 Å². The van der Waals surface area contributed by atoms with Gasteiger partial charge >= 0.3 is 0 Å². The van der Waals surface area contributed by atoms with Crippen molar-refractivity contribution in [2.45, 2.75) is 165 Å². The first-order valence-electron chi connectivity index (χ1n) is 17.1. The SMILES string of the molecule is CC(=O)[O-].CCCC[N+](CCCC)(CCCC)CCCC.CCCC[N+](CCCC)(CCCC)CCCC.[F-]. The van der Waals surface area contributed by atoms with Gasteiger partial charge in [0, 0.05) is 5.97 Å². The predicted octanol–water partition coefficient (Wildman–Crippen LogP) is 5.77.